The molecule has 3 nitrogen and oxygen atoms in total. The Morgan fingerprint density at radius 3 is 2.83 bits per heavy atom. The molecule has 0 aliphatic carbocycles. The Bertz CT molecular complexity index is 465. The number of benzene rings is 1. The van der Waals surface area contributed by atoms with Crippen LogP contribution < -0.4 is 10.1 Å². The van der Waals surface area contributed by atoms with Gasteiger partial charge in [0.15, 0.2) is 0 Å². The van der Waals surface area contributed by atoms with Crippen molar-refractivity contribution in [3.63, 3.8) is 0 Å². The summed E-state index contributed by atoms with van der Waals surface area (Å²) in [5.41, 5.74) is 1.15. The van der Waals surface area contributed by atoms with E-state index in [0.717, 1.165) is 30.0 Å². The molecule has 3 heteroatoms. The Labute approximate surface area is 108 Å². The van der Waals surface area contributed by atoms with Crippen LogP contribution in [-0.4, -0.2) is 13.7 Å². The summed E-state index contributed by atoms with van der Waals surface area (Å²) in [5.74, 6) is 1.79. The SMILES string of the molecule is CCCNC(c1cccc(OC)c1)c1ccco1. The molecule has 1 N–H and O–H groups in total. The Kier molecular flexibility index (Phi) is 4.42. The van der Waals surface area contributed by atoms with Crippen LogP contribution in [0.15, 0.2) is 47.1 Å². The van der Waals surface area contributed by atoms with E-state index in [1.54, 1.807) is 13.4 Å². The average molecular weight is 245 g/mol. The van der Waals surface area contributed by atoms with Gasteiger partial charge in [0.1, 0.15) is 11.5 Å². The van der Waals surface area contributed by atoms with Crippen LogP contribution in [0.4, 0.5) is 0 Å². The molecule has 0 aliphatic heterocycles. The van der Waals surface area contributed by atoms with E-state index in [9.17, 15) is 0 Å². The number of ether oxygens (including phenoxy) is 1. The Hall–Kier alpha value is -1.74. The van der Waals surface area contributed by atoms with Gasteiger partial charge in [-0.1, -0.05) is 19.1 Å². The molecular weight excluding hydrogens is 226 g/mol. The third-order valence-corrected chi connectivity index (χ3v) is 2.85. The third-order valence-electron chi connectivity index (χ3n) is 2.85. The molecule has 96 valence electrons. The van der Waals surface area contributed by atoms with E-state index in [2.05, 4.69) is 18.3 Å². The van der Waals surface area contributed by atoms with E-state index in [4.69, 9.17) is 9.15 Å². The molecule has 1 heterocycles. The predicted molar refractivity (Wildman–Crippen MR) is 71.8 cm³/mol. The summed E-state index contributed by atoms with van der Waals surface area (Å²) in [6.45, 7) is 3.10. The van der Waals surface area contributed by atoms with Gasteiger partial charge in [-0.2, -0.15) is 0 Å². The topological polar surface area (TPSA) is 34.4 Å². The molecule has 0 saturated carbocycles. The second-order valence-corrected chi connectivity index (χ2v) is 4.18. The van der Waals surface area contributed by atoms with Gasteiger partial charge in [-0.3, -0.25) is 0 Å². The van der Waals surface area contributed by atoms with Gasteiger partial charge in [0.05, 0.1) is 19.4 Å². The van der Waals surface area contributed by atoms with E-state index >= 15 is 0 Å². The third kappa shape index (κ3) is 2.93. The van der Waals surface area contributed by atoms with E-state index in [0.29, 0.717) is 0 Å². The lowest BCUT2D eigenvalue weighted by Crippen LogP contribution is -2.22. The molecule has 1 aromatic heterocycles. The summed E-state index contributed by atoms with van der Waals surface area (Å²) < 4.78 is 10.8. The molecule has 0 aliphatic rings. The molecule has 2 aromatic rings. The predicted octanol–water partition coefficient (Wildman–Crippen LogP) is 3.38. The molecule has 1 unspecified atom stereocenters. The maximum atomic E-state index is 5.52. The first kappa shape index (κ1) is 12.7. The van der Waals surface area contributed by atoms with Gasteiger partial charge >= 0.3 is 0 Å². The molecule has 1 atom stereocenters. The van der Waals surface area contributed by atoms with Crippen molar-refractivity contribution in [3.05, 3.63) is 54.0 Å². The van der Waals surface area contributed by atoms with Crippen LogP contribution in [0, 0.1) is 0 Å². The van der Waals surface area contributed by atoms with Gasteiger partial charge < -0.3 is 14.5 Å². The summed E-state index contributed by atoms with van der Waals surface area (Å²) in [6, 6.07) is 12.0. The number of nitrogens with one attached hydrogen (secondary N) is 1. The first-order chi connectivity index (χ1) is 8.85. The Morgan fingerprint density at radius 1 is 1.28 bits per heavy atom. The van der Waals surface area contributed by atoms with Crippen LogP contribution in [-0.2, 0) is 0 Å². The van der Waals surface area contributed by atoms with Crippen molar-refractivity contribution in [2.24, 2.45) is 0 Å². The molecule has 0 radical (unpaired) electrons. The standard InChI is InChI=1S/C15H19NO2/c1-3-9-16-15(14-8-5-10-18-14)12-6-4-7-13(11-12)17-2/h4-8,10-11,15-16H,3,9H2,1-2H3. The quantitative estimate of drug-likeness (QED) is 0.847. The van der Waals surface area contributed by atoms with Crippen LogP contribution in [0.2, 0.25) is 0 Å². The first-order valence-corrected chi connectivity index (χ1v) is 6.26. The van der Waals surface area contributed by atoms with Crippen LogP contribution in [0.5, 0.6) is 5.75 Å². The Morgan fingerprint density at radius 2 is 2.17 bits per heavy atom. The van der Waals surface area contributed by atoms with Crippen molar-refractivity contribution in [1.29, 1.82) is 0 Å². The summed E-state index contributed by atoms with van der Waals surface area (Å²) in [5, 5.41) is 3.49. The van der Waals surface area contributed by atoms with Crippen LogP contribution in [0.1, 0.15) is 30.7 Å². The van der Waals surface area contributed by atoms with Gasteiger partial charge in [-0.25, -0.2) is 0 Å². The minimum Gasteiger partial charge on any atom is -0.497 e. The molecular formula is C15H19NO2. The fourth-order valence-electron chi connectivity index (χ4n) is 1.95. The van der Waals surface area contributed by atoms with Crippen molar-refractivity contribution in [2.45, 2.75) is 19.4 Å². The van der Waals surface area contributed by atoms with Gasteiger partial charge in [0.25, 0.3) is 0 Å². The lowest BCUT2D eigenvalue weighted by Gasteiger charge is -2.17. The van der Waals surface area contributed by atoms with Gasteiger partial charge in [-0.05, 0) is 42.8 Å². The molecule has 0 amide bonds. The van der Waals surface area contributed by atoms with E-state index in [-0.39, 0.29) is 6.04 Å². The van der Waals surface area contributed by atoms with Crippen molar-refractivity contribution in [2.75, 3.05) is 13.7 Å². The number of furan rings is 1. The highest BCUT2D eigenvalue weighted by atomic mass is 16.5. The maximum absolute atomic E-state index is 5.52. The maximum Gasteiger partial charge on any atom is 0.125 e. The number of rotatable bonds is 6. The van der Waals surface area contributed by atoms with Crippen molar-refractivity contribution >= 4 is 0 Å². The zero-order valence-corrected chi connectivity index (χ0v) is 10.8. The molecule has 0 spiro atoms. The second-order valence-electron chi connectivity index (χ2n) is 4.18. The van der Waals surface area contributed by atoms with Crippen LogP contribution >= 0.6 is 0 Å². The summed E-state index contributed by atoms with van der Waals surface area (Å²) in [4.78, 5) is 0. The fraction of sp³-hybridized carbons (Fsp3) is 0.333. The highest BCUT2D eigenvalue weighted by Crippen LogP contribution is 2.25. The molecule has 2 rings (SSSR count). The van der Waals surface area contributed by atoms with Gasteiger partial charge in [0, 0.05) is 0 Å². The molecule has 0 bridgehead atoms. The zero-order chi connectivity index (χ0) is 12.8. The molecule has 1 aromatic carbocycles. The summed E-state index contributed by atoms with van der Waals surface area (Å²) in [7, 11) is 1.68. The minimum atomic E-state index is 0.0787. The highest BCUT2D eigenvalue weighted by molar-refractivity contribution is 5.34. The first-order valence-electron chi connectivity index (χ1n) is 6.26. The average Bonchev–Trinajstić information content (AvgIpc) is 2.93. The smallest absolute Gasteiger partial charge is 0.125 e. The second kappa shape index (κ2) is 6.26. The van der Waals surface area contributed by atoms with Crippen LogP contribution in [0.25, 0.3) is 0 Å². The van der Waals surface area contributed by atoms with Crippen molar-refractivity contribution in [3.8, 4) is 5.75 Å². The van der Waals surface area contributed by atoms with Gasteiger partial charge in [-0.15, -0.1) is 0 Å². The normalized spacial score (nSPS) is 12.3. The summed E-state index contributed by atoms with van der Waals surface area (Å²) >= 11 is 0. The molecule has 0 saturated heterocycles. The number of methoxy groups -OCH3 is 1. The fourth-order valence-corrected chi connectivity index (χ4v) is 1.95. The van der Waals surface area contributed by atoms with E-state index in [1.807, 2.05) is 30.3 Å². The van der Waals surface area contributed by atoms with Gasteiger partial charge in [0.2, 0.25) is 0 Å². The number of hydrogen-bond donors (Lipinski definition) is 1. The van der Waals surface area contributed by atoms with E-state index < -0.39 is 0 Å². The monoisotopic (exact) mass is 245 g/mol. The largest absolute Gasteiger partial charge is 0.497 e. The Balaban J connectivity index is 2.27. The van der Waals surface area contributed by atoms with E-state index in [1.165, 1.54) is 0 Å². The minimum absolute atomic E-state index is 0.0787. The van der Waals surface area contributed by atoms with Crippen LogP contribution in [0.3, 0.4) is 0 Å². The molecule has 18 heavy (non-hydrogen) atoms. The lowest BCUT2D eigenvalue weighted by molar-refractivity contribution is 0.411. The van der Waals surface area contributed by atoms with Crippen molar-refractivity contribution < 1.29 is 9.15 Å². The molecule has 0 fully saturated rings. The van der Waals surface area contributed by atoms with Crippen molar-refractivity contribution in [1.82, 2.24) is 5.32 Å². The highest BCUT2D eigenvalue weighted by Gasteiger charge is 2.16. The zero-order valence-electron chi connectivity index (χ0n) is 10.8. The summed E-state index contributed by atoms with van der Waals surface area (Å²) in [6.07, 6.45) is 2.79. The number of hydrogen-bond acceptors (Lipinski definition) is 3. The lowest BCUT2D eigenvalue weighted by atomic mass is 10.0.